The van der Waals surface area contributed by atoms with Gasteiger partial charge in [-0.05, 0) is 0 Å². The Morgan fingerprint density at radius 2 is 0.652 bits per heavy atom. The van der Waals surface area contributed by atoms with E-state index in [0.717, 1.165) is 0 Å². The van der Waals surface area contributed by atoms with E-state index in [1.807, 2.05) is 0 Å². The van der Waals surface area contributed by atoms with Gasteiger partial charge in [-0.1, -0.05) is 0 Å². The summed E-state index contributed by atoms with van der Waals surface area (Å²) < 4.78 is 0. The van der Waals surface area contributed by atoms with Gasteiger partial charge in [0.2, 0.25) is 0 Å². The SMILES string of the molecule is O.O=C([O-])C(O)C(O)C(=O)[O-].O=C([O-])C(O)C(O)C(=O)[O-].[K+].[Sb+3]. The van der Waals surface area contributed by atoms with Crippen molar-refractivity contribution in [2.24, 2.45) is 0 Å². The van der Waals surface area contributed by atoms with E-state index in [0.29, 0.717) is 0 Å². The van der Waals surface area contributed by atoms with Crippen LogP contribution in [0, 0.1) is 0 Å². The molecule has 0 spiro atoms. The van der Waals surface area contributed by atoms with E-state index in [9.17, 15) is 39.6 Å². The zero-order valence-corrected chi connectivity index (χ0v) is 17.0. The molecule has 0 aliphatic rings. The summed E-state index contributed by atoms with van der Waals surface area (Å²) in [6, 6.07) is 0. The van der Waals surface area contributed by atoms with Crippen LogP contribution >= 0.6 is 0 Å². The van der Waals surface area contributed by atoms with Crippen LogP contribution in [0.5, 0.6) is 0 Å². The number of aliphatic hydroxyl groups excluding tert-OH is 4. The van der Waals surface area contributed by atoms with Gasteiger partial charge in [-0.2, -0.15) is 0 Å². The van der Waals surface area contributed by atoms with E-state index in [1.165, 1.54) is 0 Å². The average Bonchev–Trinajstić information content (AvgIpc) is 2.35. The molecule has 15 heteroatoms. The van der Waals surface area contributed by atoms with E-state index < -0.39 is 48.3 Å². The fourth-order valence-corrected chi connectivity index (χ4v) is 0.516. The molecule has 0 amide bonds. The van der Waals surface area contributed by atoms with Crippen LogP contribution in [0.15, 0.2) is 0 Å². The third-order valence-electron chi connectivity index (χ3n) is 1.56. The van der Waals surface area contributed by atoms with Crippen LogP contribution in [0.2, 0.25) is 0 Å². The normalized spacial score (nSPS) is 13.7. The van der Waals surface area contributed by atoms with Gasteiger partial charge in [0.1, 0.15) is 24.4 Å². The molecule has 0 aromatic carbocycles. The molecular formula is C8H10KO13Sb. The van der Waals surface area contributed by atoms with E-state index >= 15 is 0 Å². The Morgan fingerprint density at radius 3 is 0.696 bits per heavy atom. The van der Waals surface area contributed by atoms with Crippen molar-refractivity contribution in [3.8, 4) is 0 Å². The van der Waals surface area contributed by atoms with Crippen LogP contribution in [0.3, 0.4) is 0 Å². The maximum atomic E-state index is 9.63. The summed E-state index contributed by atoms with van der Waals surface area (Å²) in [5.41, 5.74) is 0. The van der Waals surface area contributed by atoms with Gasteiger partial charge in [-0.15, -0.1) is 0 Å². The number of carbonyl (C=O) groups excluding carboxylic acids is 4. The van der Waals surface area contributed by atoms with Gasteiger partial charge in [0, 0.05) is 0 Å². The monoisotopic (exact) mass is 474 g/mol. The van der Waals surface area contributed by atoms with Gasteiger partial charge >= 0.3 is 75.8 Å². The van der Waals surface area contributed by atoms with E-state index in [4.69, 9.17) is 20.4 Å². The molecule has 4 unspecified atom stereocenters. The Hall–Kier alpha value is 0.135. The van der Waals surface area contributed by atoms with Crippen LogP contribution in [-0.4, -0.2) is 98.6 Å². The van der Waals surface area contributed by atoms with Gasteiger partial charge in [0.05, 0.1) is 23.9 Å². The second-order valence-corrected chi connectivity index (χ2v) is 3.06. The van der Waals surface area contributed by atoms with Crippen LogP contribution < -0.4 is 71.8 Å². The fourth-order valence-electron chi connectivity index (χ4n) is 0.516. The molecule has 0 heterocycles. The van der Waals surface area contributed by atoms with Crippen molar-refractivity contribution in [1.82, 2.24) is 0 Å². The topological polar surface area (TPSA) is 273 Å². The Morgan fingerprint density at radius 1 is 0.565 bits per heavy atom. The number of rotatable bonds is 6. The smallest absolute Gasteiger partial charge is 0.547 e. The van der Waals surface area contributed by atoms with Crippen molar-refractivity contribution in [3.63, 3.8) is 0 Å². The van der Waals surface area contributed by atoms with Crippen LogP contribution in [0.1, 0.15) is 0 Å². The summed E-state index contributed by atoms with van der Waals surface area (Å²) in [6.45, 7) is 0. The van der Waals surface area contributed by atoms with Crippen molar-refractivity contribution < 1.29 is 117 Å². The Balaban J connectivity index is -0.0000000831. The summed E-state index contributed by atoms with van der Waals surface area (Å²) in [4.78, 5) is 38.5. The minimum atomic E-state index is -2.44. The van der Waals surface area contributed by atoms with Crippen LogP contribution in [-0.2, 0) is 19.2 Å². The van der Waals surface area contributed by atoms with Crippen molar-refractivity contribution in [3.05, 3.63) is 0 Å². The number of hydrogen-bond acceptors (Lipinski definition) is 12. The van der Waals surface area contributed by atoms with Crippen molar-refractivity contribution in [2.75, 3.05) is 0 Å². The number of carboxylic acid groups (broad SMARTS) is 4. The maximum Gasteiger partial charge on any atom is 3.00 e. The summed E-state index contributed by atoms with van der Waals surface area (Å²) in [6.07, 6.45) is -9.76. The molecule has 2 radical (unpaired) electrons. The molecule has 0 aromatic rings. The largest absolute Gasteiger partial charge is 3.00 e. The first-order valence-electron chi connectivity index (χ1n) is 4.49. The predicted octanol–water partition coefficient (Wildman–Crippen LogP) is -13.8. The van der Waals surface area contributed by atoms with Crippen LogP contribution in [0.4, 0.5) is 0 Å². The first-order chi connectivity index (χ1) is 8.93. The average molecular weight is 475 g/mol. The van der Waals surface area contributed by atoms with Gasteiger partial charge < -0.3 is 65.5 Å². The molecule has 13 nitrogen and oxygen atoms in total. The Labute approximate surface area is 187 Å². The molecule has 0 aliphatic carbocycles. The van der Waals surface area contributed by atoms with Crippen molar-refractivity contribution in [1.29, 1.82) is 0 Å². The molecule has 23 heavy (non-hydrogen) atoms. The minimum Gasteiger partial charge on any atom is -0.547 e. The van der Waals surface area contributed by atoms with Gasteiger partial charge in [0.25, 0.3) is 0 Å². The van der Waals surface area contributed by atoms with E-state index in [-0.39, 0.29) is 81.3 Å². The third kappa shape index (κ3) is 15.4. The second-order valence-electron chi connectivity index (χ2n) is 3.06. The van der Waals surface area contributed by atoms with Crippen LogP contribution in [0.25, 0.3) is 0 Å². The standard InChI is InChI=1S/2C4H6O6.K.H2O.Sb/c2*5-1(3(7)8)2(6)4(9)10;;;/h2*1-2,5-6H,(H,7,8)(H,9,10);;1H2;/q;;+1;;+3/p-4. The minimum absolute atomic E-state index is 0. The third-order valence-corrected chi connectivity index (χ3v) is 1.56. The molecule has 0 saturated carbocycles. The number of aliphatic hydroxyl groups is 4. The maximum absolute atomic E-state index is 9.63. The summed E-state index contributed by atoms with van der Waals surface area (Å²) in [5.74, 6) is -8.23. The van der Waals surface area contributed by atoms with E-state index in [1.54, 1.807) is 0 Å². The molecule has 0 fully saturated rings. The first-order valence-corrected chi connectivity index (χ1v) is 4.49. The number of aliphatic carboxylic acids is 4. The molecule has 0 bridgehead atoms. The first kappa shape index (κ1) is 34.5. The molecule has 0 saturated heterocycles. The molecule has 126 valence electrons. The van der Waals surface area contributed by atoms with Gasteiger partial charge in [-0.25, -0.2) is 0 Å². The molecule has 0 aromatic heterocycles. The fraction of sp³-hybridized carbons (Fsp3) is 0.500. The molecule has 4 atom stereocenters. The zero-order chi connectivity index (χ0) is 16.6. The molecule has 6 N–H and O–H groups in total. The molecule has 0 rings (SSSR count). The number of carboxylic acids is 4. The van der Waals surface area contributed by atoms with Crippen molar-refractivity contribution >= 4 is 48.3 Å². The predicted molar refractivity (Wildman–Crippen MR) is 53.4 cm³/mol. The van der Waals surface area contributed by atoms with E-state index in [2.05, 4.69) is 0 Å². The number of carbonyl (C=O) groups is 4. The Bertz CT molecular complexity index is 316. The molecule has 0 aliphatic heterocycles. The second kappa shape index (κ2) is 17.0. The van der Waals surface area contributed by atoms with Gasteiger partial charge in [-0.3, -0.25) is 0 Å². The summed E-state index contributed by atoms with van der Waals surface area (Å²) in [7, 11) is 0. The van der Waals surface area contributed by atoms with Gasteiger partial charge in [0.15, 0.2) is 0 Å². The quantitative estimate of drug-likeness (QED) is 0.261. The Kier molecular flexibility index (Phi) is 25.4. The van der Waals surface area contributed by atoms with Crippen molar-refractivity contribution in [2.45, 2.75) is 24.4 Å². The molecular weight excluding hydrogens is 465 g/mol. The summed E-state index contributed by atoms with van der Waals surface area (Å²) >= 11 is 0. The number of hydrogen-bond donors (Lipinski definition) is 4. The summed E-state index contributed by atoms with van der Waals surface area (Å²) in [5, 5.41) is 71.5. The zero-order valence-electron chi connectivity index (χ0n) is 11.3.